The van der Waals surface area contributed by atoms with Crippen LogP contribution in [-0.4, -0.2) is 30.0 Å². The standard InChI is InChI=1S/C13H14F3N3O/c1-17-6-10-7-18-19-12(10)9-2-4-11(5-3-9)20-8-13(14,15)16/h2-5,7,17H,6,8H2,1H3,(H,18,19). The predicted molar refractivity (Wildman–Crippen MR) is 68.3 cm³/mol. The van der Waals surface area contributed by atoms with E-state index in [-0.39, 0.29) is 5.75 Å². The van der Waals surface area contributed by atoms with Crippen LogP contribution in [0.2, 0.25) is 0 Å². The first-order chi connectivity index (χ1) is 9.49. The maximum atomic E-state index is 12.0. The topological polar surface area (TPSA) is 49.9 Å². The van der Waals surface area contributed by atoms with Gasteiger partial charge in [0.05, 0.1) is 11.9 Å². The van der Waals surface area contributed by atoms with Gasteiger partial charge in [-0.3, -0.25) is 5.10 Å². The van der Waals surface area contributed by atoms with Crippen LogP contribution in [0.25, 0.3) is 11.3 Å². The van der Waals surface area contributed by atoms with Crippen molar-refractivity contribution in [1.82, 2.24) is 15.5 Å². The summed E-state index contributed by atoms with van der Waals surface area (Å²) >= 11 is 0. The van der Waals surface area contributed by atoms with Gasteiger partial charge in [0.15, 0.2) is 6.61 Å². The minimum absolute atomic E-state index is 0.181. The molecule has 1 heterocycles. The van der Waals surface area contributed by atoms with Crippen molar-refractivity contribution in [3.8, 4) is 17.0 Å². The lowest BCUT2D eigenvalue weighted by atomic mass is 10.1. The summed E-state index contributed by atoms with van der Waals surface area (Å²) < 4.78 is 40.8. The number of alkyl halides is 3. The molecule has 0 aliphatic carbocycles. The van der Waals surface area contributed by atoms with Crippen molar-refractivity contribution < 1.29 is 17.9 Å². The molecule has 0 aliphatic heterocycles. The Labute approximate surface area is 114 Å². The van der Waals surface area contributed by atoms with Gasteiger partial charge in [0.2, 0.25) is 0 Å². The van der Waals surface area contributed by atoms with E-state index in [1.807, 2.05) is 7.05 Å². The lowest BCUT2D eigenvalue weighted by molar-refractivity contribution is -0.153. The molecule has 2 aromatic rings. The average molecular weight is 285 g/mol. The summed E-state index contributed by atoms with van der Waals surface area (Å²) in [6, 6.07) is 6.40. The van der Waals surface area contributed by atoms with Crippen molar-refractivity contribution in [2.45, 2.75) is 12.7 Å². The summed E-state index contributed by atoms with van der Waals surface area (Å²) in [5, 5.41) is 9.85. The van der Waals surface area contributed by atoms with Crippen LogP contribution in [0.3, 0.4) is 0 Å². The predicted octanol–water partition coefficient (Wildman–Crippen LogP) is 2.74. The average Bonchev–Trinajstić information content (AvgIpc) is 2.85. The highest BCUT2D eigenvalue weighted by Crippen LogP contribution is 2.24. The quantitative estimate of drug-likeness (QED) is 0.888. The largest absolute Gasteiger partial charge is 0.484 e. The van der Waals surface area contributed by atoms with Crippen LogP contribution < -0.4 is 10.1 Å². The van der Waals surface area contributed by atoms with Gasteiger partial charge in [-0.05, 0) is 31.3 Å². The van der Waals surface area contributed by atoms with E-state index in [1.165, 1.54) is 12.1 Å². The second kappa shape index (κ2) is 5.96. The molecule has 0 radical (unpaired) electrons. The first-order valence-electron chi connectivity index (χ1n) is 5.96. The Morgan fingerprint density at radius 2 is 1.95 bits per heavy atom. The Hall–Kier alpha value is -2.02. The van der Waals surface area contributed by atoms with Gasteiger partial charge in [-0.15, -0.1) is 0 Å². The highest BCUT2D eigenvalue weighted by molar-refractivity contribution is 5.63. The number of rotatable bonds is 5. The van der Waals surface area contributed by atoms with Crippen LogP contribution >= 0.6 is 0 Å². The highest BCUT2D eigenvalue weighted by atomic mass is 19.4. The van der Waals surface area contributed by atoms with Crippen LogP contribution in [0.5, 0.6) is 5.75 Å². The van der Waals surface area contributed by atoms with Crippen molar-refractivity contribution in [3.05, 3.63) is 36.0 Å². The lowest BCUT2D eigenvalue weighted by Crippen LogP contribution is -2.19. The zero-order valence-electron chi connectivity index (χ0n) is 10.8. The van der Waals surface area contributed by atoms with Crippen LogP contribution in [0.15, 0.2) is 30.5 Å². The molecule has 108 valence electrons. The Kier molecular flexibility index (Phi) is 4.29. The summed E-state index contributed by atoms with van der Waals surface area (Å²) in [4.78, 5) is 0. The number of aromatic amines is 1. The molecule has 0 bridgehead atoms. The van der Waals surface area contributed by atoms with E-state index >= 15 is 0 Å². The van der Waals surface area contributed by atoms with E-state index in [0.717, 1.165) is 16.8 Å². The minimum atomic E-state index is -4.33. The summed E-state index contributed by atoms with van der Waals surface area (Å²) in [5.74, 6) is 0.181. The summed E-state index contributed by atoms with van der Waals surface area (Å²) in [7, 11) is 1.82. The highest BCUT2D eigenvalue weighted by Gasteiger charge is 2.28. The molecule has 0 fully saturated rings. The van der Waals surface area contributed by atoms with Crippen molar-refractivity contribution in [2.75, 3.05) is 13.7 Å². The summed E-state index contributed by atoms with van der Waals surface area (Å²) in [5.41, 5.74) is 2.66. The molecule has 20 heavy (non-hydrogen) atoms. The molecule has 1 aromatic carbocycles. The maximum absolute atomic E-state index is 12.0. The summed E-state index contributed by atoms with van der Waals surface area (Å²) in [6.45, 7) is -0.639. The van der Waals surface area contributed by atoms with E-state index in [0.29, 0.717) is 6.54 Å². The molecule has 7 heteroatoms. The molecular weight excluding hydrogens is 271 g/mol. The van der Waals surface area contributed by atoms with E-state index in [9.17, 15) is 13.2 Å². The van der Waals surface area contributed by atoms with Gasteiger partial charge in [-0.25, -0.2) is 0 Å². The van der Waals surface area contributed by atoms with Crippen LogP contribution in [0.4, 0.5) is 13.2 Å². The number of ether oxygens (including phenoxy) is 1. The zero-order chi connectivity index (χ0) is 14.6. The number of hydrogen-bond donors (Lipinski definition) is 2. The number of hydrogen-bond acceptors (Lipinski definition) is 3. The molecule has 4 nitrogen and oxygen atoms in total. The summed E-state index contributed by atoms with van der Waals surface area (Å²) in [6.07, 6.45) is -2.62. The second-order valence-corrected chi connectivity index (χ2v) is 4.23. The third kappa shape index (κ3) is 3.74. The number of halogens is 3. The smallest absolute Gasteiger partial charge is 0.422 e. The molecule has 0 spiro atoms. The van der Waals surface area contributed by atoms with Crippen LogP contribution in [0, 0.1) is 0 Å². The Morgan fingerprint density at radius 3 is 2.55 bits per heavy atom. The fourth-order valence-corrected chi connectivity index (χ4v) is 1.77. The normalized spacial score (nSPS) is 11.6. The third-order valence-corrected chi connectivity index (χ3v) is 2.63. The molecule has 1 aromatic heterocycles. The number of nitrogens with zero attached hydrogens (tertiary/aromatic N) is 1. The Balaban J connectivity index is 2.09. The van der Waals surface area contributed by atoms with Gasteiger partial charge >= 0.3 is 6.18 Å². The fourth-order valence-electron chi connectivity index (χ4n) is 1.77. The van der Waals surface area contributed by atoms with Gasteiger partial charge in [0, 0.05) is 17.7 Å². The number of benzene rings is 1. The molecule has 0 amide bonds. The molecule has 2 rings (SSSR count). The van der Waals surface area contributed by atoms with E-state index < -0.39 is 12.8 Å². The van der Waals surface area contributed by atoms with E-state index in [1.54, 1.807) is 18.3 Å². The number of nitrogens with one attached hydrogen (secondary N) is 2. The van der Waals surface area contributed by atoms with Gasteiger partial charge in [-0.1, -0.05) is 0 Å². The Bertz CT molecular complexity index is 549. The molecule has 0 saturated carbocycles. The van der Waals surface area contributed by atoms with E-state index in [2.05, 4.69) is 20.3 Å². The fraction of sp³-hybridized carbons (Fsp3) is 0.308. The Morgan fingerprint density at radius 1 is 1.25 bits per heavy atom. The van der Waals surface area contributed by atoms with Gasteiger partial charge in [0.1, 0.15) is 5.75 Å². The van der Waals surface area contributed by atoms with Crippen LogP contribution in [-0.2, 0) is 6.54 Å². The first-order valence-corrected chi connectivity index (χ1v) is 5.96. The SMILES string of the molecule is CNCc1cn[nH]c1-c1ccc(OCC(F)(F)F)cc1. The zero-order valence-corrected chi connectivity index (χ0v) is 10.8. The van der Waals surface area contributed by atoms with Crippen molar-refractivity contribution in [3.63, 3.8) is 0 Å². The maximum Gasteiger partial charge on any atom is 0.422 e. The minimum Gasteiger partial charge on any atom is -0.484 e. The molecule has 0 unspecified atom stereocenters. The molecule has 2 N–H and O–H groups in total. The third-order valence-electron chi connectivity index (χ3n) is 2.63. The van der Waals surface area contributed by atoms with Crippen molar-refractivity contribution in [2.24, 2.45) is 0 Å². The number of aromatic nitrogens is 2. The van der Waals surface area contributed by atoms with Crippen molar-refractivity contribution >= 4 is 0 Å². The van der Waals surface area contributed by atoms with E-state index in [4.69, 9.17) is 0 Å². The monoisotopic (exact) mass is 285 g/mol. The lowest BCUT2D eigenvalue weighted by Gasteiger charge is -2.09. The van der Waals surface area contributed by atoms with Crippen molar-refractivity contribution in [1.29, 1.82) is 0 Å². The van der Waals surface area contributed by atoms with Crippen LogP contribution in [0.1, 0.15) is 5.56 Å². The number of H-pyrrole nitrogens is 1. The first kappa shape index (κ1) is 14.4. The van der Waals surface area contributed by atoms with Gasteiger partial charge in [-0.2, -0.15) is 18.3 Å². The molecule has 0 atom stereocenters. The van der Waals surface area contributed by atoms with Gasteiger partial charge < -0.3 is 10.1 Å². The molecular formula is C13H14F3N3O. The van der Waals surface area contributed by atoms with Gasteiger partial charge in [0.25, 0.3) is 0 Å². The molecule has 0 saturated heterocycles. The second-order valence-electron chi connectivity index (χ2n) is 4.23. The molecule has 0 aliphatic rings.